The number of hydrogen-bond donors (Lipinski definition) is 2. The lowest BCUT2D eigenvalue weighted by atomic mass is 10.2. The smallest absolute Gasteiger partial charge is 0.339 e. The molecule has 0 atom stereocenters. The van der Waals surface area contributed by atoms with E-state index >= 15 is 0 Å². The minimum absolute atomic E-state index is 0.0156. The van der Waals surface area contributed by atoms with Crippen LogP contribution < -0.4 is 10.6 Å². The van der Waals surface area contributed by atoms with Gasteiger partial charge in [0.1, 0.15) is 17.2 Å². The van der Waals surface area contributed by atoms with Gasteiger partial charge in [0, 0.05) is 17.6 Å². The van der Waals surface area contributed by atoms with Crippen LogP contribution >= 0.6 is 0 Å². The van der Waals surface area contributed by atoms with Gasteiger partial charge in [-0.3, -0.25) is 0 Å². The summed E-state index contributed by atoms with van der Waals surface area (Å²) in [6.07, 6.45) is -3.97. The number of para-hydroxylation sites is 1. The van der Waals surface area contributed by atoms with Gasteiger partial charge < -0.3 is 10.6 Å². The molecule has 0 saturated carbocycles. The first kappa shape index (κ1) is 16.7. The van der Waals surface area contributed by atoms with Crippen LogP contribution in [-0.4, -0.2) is 9.97 Å². The molecule has 2 aromatic carbocycles. The van der Waals surface area contributed by atoms with Gasteiger partial charge in [-0.25, -0.2) is 9.37 Å². The van der Waals surface area contributed by atoms with Crippen LogP contribution in [0.4, 0.5) is 40.7 Å². The summed E-state index contributed by atoms with van der Waals surface area (Å²) in [7, 11) is 0. The highest BCUT2D eigenvalue weighted by molar-refractivity contribution is 5.62. The normalized spacial score (nSPS) is 11.2. The number of aromatic nitrogens is 2. The third-order valence-electron chi connectivity index (χ3n) is 3.21. The van der Waals surface area contributed by atoms with Crippen molar-refractivity contribution in [1.29, 1.82) is 0 Å². The maximum atomic E-state index is 13.3. The molecule has 0 aliphatic carbocycles. The van der Waals surface area contributed by atoms with Gasteiger partial charge in [-0.2, -0.15) is 18.2 Å². The van der Waals surface area contributed by atoms with Crippen LogP contribution in [0.5, 0.6) is 0 Å². The molecule has 0 unspecified atom stereocenters. The van der Waals surface area contributed by atoms with Crippen molar-refractivity contribution in [2.24, 2.45) is 0 Å². The summed E-state index contributed by atoms with van der Waals surface area (Å²) in [5, 5.41) is 5.31. The quantitative estimate of drug-likeness (QED) is 0.643. The molecule has 25 heavy (non-hydrogen) atoms. The van der Waals surface area contributed by atoms with Gasteiger partial charge in [0.15, 0.2) is 0 Å². The Balaban J connectivity index is 1.96. The van der Waals surface area contributed by atoms with E-state index in [1.54, 1.807) is 30.3 Å². The average molecular weight is 348 g/mol. The van der Waals surface area contributed by atoms with Crippen molar-refractivity contribution >= 4 is 23.1 Å². The molecule has 0 bridgehead atoms. The molecule has 0 fully saturated rings. The lowest BCUT2D eigenvalue weighted by molar-refractivity contribution is -0.137. The summed E-state index contributed by atoms with van der Waals surface area (Å²) >= 11 is 0. The molecule has 0 aliphatic heterocycles. The van der Waals surface area contributed by atoms with Gasteiger partial charge in [-0.15, -0.1) is 0 Å². The molecular weight excluding hydrogens is 336 g/mol. The van der Waals surface area contributed by atoms with Gasteiger partial charge in [-0.05, 0) is 30.3 Å². The van der Waals surface area contributed by atoms with Gasteiger partial charge >= 0.3 is 6.18 Å². The van der Waals surface area contributed by atoms with Crippen LogP contribution in [0, 0.1) is 5.82 Å². The monoisotopic (exact) mass is 348 g/mol. The topological polar surface area (TPSA) is 49.8 Å². The molecule has 3 rings (SSSR count). The van der Waals surface area contributed by atoms with E-state index in [2.05, 4.69) is 20.6 Å². The van der Waals surface area contributed by atoms with Crippen LogP contribution in [0.15, 0.2) is 60.8 Å². The first-order chi connectivity index (χ1) is 11.9. The summed E-state index contributed by atoms with van der Waals surface area (Å²) in [5.74, 6) is -1.06. The molecule has 0 spiro atoms. The molecule has 2 N–H and O–H groups in total. The van der Waals surface area contributed by atoms with Crippen molar-refractivity contribution in [2.45, 2.75) is 6.18 Å². The largest absolute Gasteiger partial charge is 0.421 e. The minimum atomic E-state index is -4.65. The maximum absolute atomic E-state index is 13.3. The second kappa shape index (κ2) is 6.76. The van der Waals surface area contributed by atoms with Gasteiger partial charge in [0.05, 0.1) is 0 Å². The molecule has 1 heterocycles. The van der Waals surface area contributed by atoms with Gasteiger partial charge in [-0.1, -0.05) is 24.3 Å². The van der Waals surface area contributed by atoms with E-state index in [0.29, 0.717) is 11.9 Å². The predicted octanol–water partition coefficient (Wildman–Crippen LogP) is 5.12. The molecule has 128 valence electrons. The zero-order chi connectivity index (χ0) is 17.9. The van der Waals surface area contributed by atoms with E-state index in [9.17, 15) is 17.6 Å². The second-order valence-corrected chi connectivity index (χ2v) is 5.08. The average Bonchev–Trinajstić information content (AvgIpc) is 2.55. The standard InChI is InChI=1S/C17H12F4N4/c18-11-5-4-8-13(9-11)23-15-14(17(19,20)21)10-22-16(25-15)24-12-6-2-1-3-7-12/h1-10H,(H2,22,23,24,25). The van der Waals surface area contributed by atoms with E-state index in [1.807, 2.05) is 0 Å². The van der Waals surface area contributed by atoms with Crippen LogP contribution in [0.3, 0.4) is 0 Å². The Kier molecular flexibility index (Phi) is 4.51. The van der Waals surface area contributed by atoms with E-state index < -0.39 is 23.4 Å². The molecule has 3 aromatic rings. The zero-order valence-electron chi connectivity index (χ0n) is 12.7. The molecule has 0 radical (unpaired) electrons. The lowest BCUT2D eigenvalue weighted by Crippen LogP contribution is -2.12. The second-order valence-electron chi connectivity index (χ2n) is 5.08. The van der Waals surface area contributed by atoms with Crippen LogP contribution in [0.1, 0.15) is 5.56 Å². The number of nitrogens with zero attached hydrogens (tertiary/aromatic N) is 2. The van der Waals surface area contributed by atoms with Gasteiger partial charge in [0.25, 0.3) is 0 Å². The van der Waals surface area contributed by atoms with E-state index in [4.69, 9.17) is 0 Å². The number of hydrogen-bond acceptors (Lipinski definition) is 4. The first-order valence-electron chi connectivity index (χ1n) is 7.21. The third kappa shape index (κ3) is 4.23. The van der Waals surface area contributed by atoms with Crippen LogP contribution in [-0.2, 0) is 6.18 Å². The fourth-order valence-electron chi connectivity index (χ4n) is 2.10. The summed E-state index contributed by atoms with van der Waals surface area (Å²) in [4.78, 5) is 7.59. The molecule has 4 nitrogen and oxygen atoms in total. The number of benzene rings is 2. The van der Waals surface area contributed by atoms with Crippen molar-refractivity contribution in [3.8, 4) is 0 Å². The van der Waals surface area contributed by atoms with Crippen molar-refractivity contribution < 1.29 is 17.6 Å². The predicted molar refractivity (Wildman–Crippen MR) is 86.4 cm³/mol. The zero-order valence-corrected chi connectivity index (χ0v) is 12.7. The summed E-state index contributed by atoms with van der Waals surface area (Å²) < 4.78 is 52.8. The Hall–Kier alpha value is -3.16. The number of halogens is 4. The Bertz CT molecular complexity index is 866. The Morgan fingerprint density at radius 2 is 1.56 bits per heavy atom. The molecule has 8 heteroatoms. The Labute approximate surface area is 140 Å². The van der Waals surface area contributed by atoms with Crippen LogP contribution in [0.2, 0.25) is 0 Å². The molecule has 0 aliphatic rings. The molecular formula is C17H12F4N4. The highest BCUT2D eigenvalue weighted by Crippen LogP contribution is 2.35. The maximum Gasteiger partial charge on any atom is 0.421 e. The summed E-state index contributed by atoms with van der Waals surface area (Å²) in [6, 6.07) is 13.9. The van der Waals surface area contributed by atoms with Crippen molar-refractivity contribution in [1.82, 2.24) is 9.97 Å². The minimum Gasteiger partial charge on any atom is -0.339 e. The van der Waals surface area contributed by atoms with Crippen molar-refractivity contribution in [3.63, 3.8) is 0 Å². The van der Waals surface area contributed by atoms with Gasteiger partial charge in [0.2, 0.25) is 5.95 Å². The number of anilines is 4. The number of rotatable bonds is 4. The summed E-state index contributed by atoms with van der Waals surface area (Å²) in [5.41, 5.74) is -0.274. The van der Waals surface area contributed by atoms with Crippen molar-refractivity contribution in [2.75, 3.05) is 10.6 Å². The Morgan fingerprint density at radius 1 is 0.840 bits per heavy atom. The molecule has 0 amide bonds. The first-order valence-corrected chi connectivity index (χ1v) is 7.21. The summed E-state index contributed by atoms with van der Waals surface area (Å²) in [6.45, 7) is 0. The third-order valence-corrected chi connectivity index (χ3v) is 3.21. The van der Waals surface area contributed by atoms with E-state index in [0.717, 1.165) is 6.07 Å². The van der Waals surface area contributed by atoms with E-state index in [-0.39, 0.29) is 11.6 Å². The van der Waals surface area contributed by atoms with Crippen LogP contribution in [0.25, 0.3) is 0 Å². The molecule has 0 saturated heterocycles. The molecule has 1 aromatic heterocycles. The highest BCUT2D eigenvalue weighted by Gasteiger charge is 2.35. The highest BCUT2D eigenvalue weighted by atomic mass is 19.4. The lowest BCUT2D eigenvalue weighted by Gasteiger charge is -2.15. The van der Waals surface area contributed by atoms with Crippen molar-refractivity contribution in [3.05, 3.63) is 72.2 Å². The van der Waals surface area contributed by atoms with E-state index in [1.165, 1.54) is 18.2 Å². The Morgan fingerprint density at radius 3 is 2.24 bits per heavy atom. The number of nitrogens with one attached hydrogen (secondary N) is 2. The fourth-order valence-corrected chi connectivity index (χ4v) is 2.10. The fraction of sp³-hybridized carbons (Fsp3) is 0.0588. The number of alkyl halides is 3. The SMILES string of the molecule is Fc1cccc(Nc2nc(Nc3ccccc3)ncc2C(F)(F)F)c1.